The number of aromatic nitrogens is 4. The third-order valence-corrected chi connectivity index (χ3v) is 8.55. The quantitative estimate of drug-likeness (QED) is 0.108. The van der Waals surface area contributed by atoms with E-state index in [4.69, 9.17) is 14.7 Å². The zero-order chi connectivity index (χ0) is 28.1. The molecule has 5 heterocycles. The molecule has 10 aromatic rings. The van der Waals surface area contributed by atoms with Crippen molar-refractivity contribution in [3.05, 3.63) is 134 Å². The van der Waals surface area contributed by atoms with Crippen LogP contribution in [0.1, 0.15) is 0 Å². The molecule has 208 valence electrons. The fourth-order valence-corrected chi connectivity index (χ4v) is 6.70. The Morgan fingerprint density at radius 2 is 1.32 bits per heavy atom. The first-order valence-electron chi connectivity index (χ1n) is 14.3. The van der Waals surface area contributed by atoms with Crippen molar-refractivity contribution in [2.45, 2.75) is 0 Å². The summed E-state index contributed by atoms with van der Waals surface area (Å²) >= 11 is 0. The molecule has 5 aromatic heterocycles. The van der Waals surface area contributed by atoms with Crippen LogP contribution in [0.15, 0.2) is 122 Å². The standard InChI is InChI=1S/C38H20N4O.Pd/c1-2-8-23(9-3-1)33-22-41-34-14-5-4-10-27(34)26-17-15-24(20-32(26)38(41)40-33)43-25-16-18-28-29-11-6-12-30-31-13-7-19-39-37(31)42(36(29)30)35(28)21-25;/h1-19,22H;/q-2;+2. The van der Waals surface area contributed by atoms with Crippen molar-refractivity contribution >= 4 is 65.5 Å². The van der Waals surface area contributed by atoms with Gasteiger partial charge in [-0.1, -0.05) is 89.1 Å². The molecule has 6 heteroatoms. The van der Waals surface area contributed by atoms with Crippen molar-refractivity contribution in [1.29, 1.82) is 0 Å². The molecule has 10 rings (SSSR count). The van der Waals surface area contributed by atoms with Gasteiger partial charge < -0.3 is 13.5 Å². The van der Waals surface area contributed by atoms with Gasteiger partial charge in [-0.3, -0.25) is 4.98 Å². The number of hydrogen-bond acceptors (Lipinski definition) is 3. The summed E-state index contributed by atoms with van der Waals surface area (Å²) < 4.78 is 10.8. The van der Waals surface area contributed by atoms with E-state index in [0.717, 1.165) is 60.5 Å². The van der Waals surface area contributed by atoms with E-state index in [1.54, 1.807) is 0 Å². The molecule has 0 aliphatic rings. The summed E-state index contributed by atoms with van der Waals surface area (Å²) in [5.74, 6) is 1.24. The largest absolute Gasteiger partial charge is 2.00 e. The second kappa shape index (κ2) is 9.36. The van der Waals surface area contributed by atoms with Crippen LogP contribution in [0.25, 0.3) is 76.8 Å². The Bertz CT molecular complexity index is 2710. The van der Waals surface area contributed by atoms with Crippen LogP contribution in [0.2, 0.25) is 0 Å². The number of ether oxygens (including phenoxy) is 1. The van der Waals surface area contributed by atoms with Crippen molar-refractivity contribution in [2.75, 3.05) is 0 Å². The molecule has 0 fully saturated rings. The van der Waals surface area contributed by atoms with Crippen molar-refractivity contribution < 1.29 is 25.2 Å². The zero-order valence-corrected chi connectivity index (χ0v) is 24.6. The van der Waals surface area contributed by atoms with Crippen LogP contribution < -0.4 is 4.74 Å². The monoisotopic (exact) mass is 654 g/mol. The molecule has 0 saturated heterocycles. The fraction of sp³-hybridized carbons (Fsp3) is 0. The first kappa shape index (κ1) is 25.2. The van der Waals surface area contributed by atoms with Crippen LogP contribution in [0.3, 0.4) is 0 Å². The smallest absolute Gasteiger partial charge is 0.503 e. The summed E-state index contributed by atoms with van der Waals surface area (Å²) in [6.45, 7) is 0. The molecule has 0 atom stereocenters. The number of fused-ring (bicyclic) bond motifs is 12. The summed E-state index contributed by atoms with van der Waals surface area (Å²) in [5, 5.41) is 7.79. The van der Waals surface area contributed by atoms with Gasteiger partial charge >= 0.3 is 20.4 Å². The van der Waals surface area contributed by atoms with Gasteiger partial charge in [-0.2, -0.15) is 6.07 Å². The first-order valence-corrected chi connectivity index (χ1v) is 14.3. The summed E-state index contributed by atoms with van der Waals surface area (Å²) in [7, 11) is 0. The predicted molar refractivity (Wildman–Crippen MR) is 172 cm³/mol. The SMILES string of the molecule is [Pd+2].[c-]1c(Oc2[c-]c3c(cc2)c2cccc4c5cccnc5n3c24)ccc2c1c1nc(-c3ccccc3)cn1c1ccccc21. The number of nitrogens with zero attached hydrogens (tertiary/aromatic N) is 4. The van der Waals surface area contributed by atoms with Gasteiger partial charge in [0.15, 0.2) is 0 Å². The molecule has 0 amide bonds. The van der Waals surface area contributed by atoms with E-state index in [9.17, 15) is 0 Å². The molecular weight excluding hydrogens is 635 g/mol. The van der Waals surface area contributed by atoms with E-state index in [0.29, 0.717) is 11.5 Å². The Morgan fingerprint density at radius 1 is 0.591 bits per heavy atom. The Kier molecular flexibility index (Phi) is 5.37. The minimum atomic E-state index is 0. The Balaban J connectivity index is 0.00000270. The van der Waals surface area contributed by atoms with E-state index in [2.05, 4.69) is 99.9 Å². The first-order chi connectivity index (χ1) is 21.3. The van der Waals surface area contributed by atoms with Crippen molar-refractivity contribution in [2.24, 2.45) is 0 Å². The summed E-state index contributed by atoms with van der Waals surface area (Å²) in [6, 6.07) is 44.6. The maximum Gasteiger partial charge on any atom is 2.00 e. The van der Waals surface area contributed by atoms with Crippen LogP contribution >= 0.6 is 0 Å². The molecule has 0 N–H and O–H groups in total. The summed E-state index contributed by atoms with van der Waals surface area (Å²) in [6.07, 6.45) is 3.95. The van der Waals surface area contributed by atoms with E-state index in [1.807, 2.05) is 42.6 Å². The number of imidazole rings is 1. The molecule has 0 aliphatic heterocycles. The molecule has 0 saturated carbocycles. The Labute approximate surface area is 265 Å². The van der Waals surface area contributed by atoms with Gasteiger partial charge in [-0.15, -0.1) is 29.7 Å². The van der Waals surface area contributed by atoms with Crippen LogP contribution in [0.4, 0.5) is 0 Å². The Morgan fingerprint density at radius 3 is 2.20 bits per heavy atom. The molecular formula is C38H20N4OPd. The number of pyridine rings is 2. The maximum atomic E-state index is 6.47. The normalized spacial score (nSPS) is 11.9. The Hall–Kier alpha value is -5.28. The third kappa shape index (κ3) is 3.44. The summed E-state index contributed by atoms with van der Waals surface area (Å²) in [4.78, 5) is 9.82. The minimum absolute atomic E-state index is 0. The molecule has 0 radical (unpaired) electrons. The van der Waals surface area contributed by atoms with E-state index < -0.39 is 0 Å². The predicted octanol–water partition coefficient (Wildman–Crippen LogP) is 9.24. The topological polar surface area (TPSA) is 43.8 Å². The number of benzene rings is 5. The van der Waals surface area contributed by atoms with Crippen LogP contribution in [0.5, 0.6) is 11.5 Å². The van der Waals surface area contributed by atoms with Gasteiger partial charge in [0.05, 0.1) is 11.3 Å². The van der Waals surface area contributed by atoms with E-state index in [-0.39, 0.29) is 20.4 Å². The van der Waals surface area contributed by atoms with E-state index in [1.165, 1.54) is 16.3 Å². The molecule has 5 aromatic carbocycles. The van der Waals surface area contributed by atoms with Crippen molar-refractivity contribution in [3.8, 4) is 22.8 Å². The van der Waals surface area contributed by atoms with Gasteiger partial charge in [0.25, 0.3) is 0 Å². The van der Waals surface area contributed by atoms with Crippen LogP contribution in [-0.2, 0) is 20.4 Å². The van der Waals surface area contributed by atoms with Crippen molar-refractivity contribution in [1.82, 2.24) is 18.8 Å². The average molecular weight is 655 g/mol. The molecule has 0 spiro atoms. The summed E-state index contributed by atoms with van der Waals surface area (Å²) in [5.41, 5.74) is 6.99. The van der Waals surface area contributed by atoms with Gasteiger partial charge in [-0.05, 0) is 29.0 Å². The van der Waals surface area contributed by atoms with Gasteiger partial charge in [0.2, 0.25) is 0 Å². The number of para-hydroxylation sites is 2. The third-order valence-electron chi connectivity index (χ3n) is 8.55. The van der Waals surface area contributed by atoms with Gasteiger partial charge in [0, 0.05) is 51.3 Å². The van der Waals surface area contributed by atoms with Crippen molar-refractivity contribution in [3.63, 3.8) is 0 Å². The molecule has 5 nitrogen and oxygen atoms in total. The maximum absolute atomic E-state index is 6.47. The number of rotatable bonds is 3. The fourth-order valence-electron chi connectivity index (χ4n) is 6.70. The van der Waals surface area contributed by atoms with Gasteiger partial charge in [0.1, 0.15) is 5.65 Å². The minimum Gasteiger partial charge on any atom is -0.503 e. The molecule has 44 heavy (non-hydrogen) atoms. The average Bonchev–Trinajstić information content (AvgIpc) is 3.75. The molecule has 0 unspecified atom stereocenters. The van der Waals surface area contributed by atoms with Crippen LogP contribution in [-0.4, -0.2) is 18.8 Å². The molecule has 0 bridgehead atoms. The van der Waals surface area contributed by atoms with E-state index >= 15 is 0 Å². The number of hydrogen-bond donors (Lipinski definition) is 0. The zero-order valence-electron chi connectivity index (χ0n) is 23.1. The van der Waals surface area contributed by atoms with Gasteiger partial charge in [-0.25, -0.2) is 4.98 Å². The van der Waals surface area contributed by atoms with Crippen LogP contribution in [0, 0.1) is 12.1 Å². The second-order valence-corrected chi connectivity index (χ2v) is 10.9. The molecule has 0 aliphatic carbocycles. The second-order valence-electron chi connectivity index (χ2n) is 10.9.